The minimum absolute atomic E-state index is 0.461. The van der Waals surface area contributed by atoms with Crippen LogP contribution in [-0.2, 0) is 4.74 Å². The molecule has 0 aliphatic heterocycles. The molecule has 0 heterocycles. The molecule has 0 aromatic heterocycles. The van der Waals surface area contributed by atoms with Crippen molar-refractivity contribution in [1.29, 1.82) is 5.26 Å². The Hall–Kier alpha value is -0.550. The zero-order valence-corrected chi connectivity index (χ0v) is 7.97. The highest BCUT2D eigenvalue weighted by Crippen LogP contribution is 2.35. The molecule has 1 unspecified atom stereocenters. The molecular formula is C10H17NO. The van der Waals surface area contributed by atoms with Crippen molar-refractivity contribution < 1.29 is 4.74 Å². The average molecular weight is 167 g/mol. The first-order valence-electron chi connectivity index (χ1n) is 4.78. The van der Waals surface area contributed by atoms with Crippen molar-refractivity contribution in [2.75, 3.05) is 6.61 Å². The fraction of sp³-hybridized carbons (Fsp3) is 0.900. The van der Waals surface area contributed by atoms with Crippen molar-refractivity contribution in [3.05, 3.63) is 0 Å². The van der Waals surface area contributed by atoms with Gasteiger partial charge >= 0.3 is 0 Å². The van der Waals surface area contributed by atoms with E-state index in [1.54, 1.807) is 0 Å². The van der Waals surface area contributed by atoms with Gasteiger partial charge in [-0.25, -0.2) is 0 Å². The zero-order valence-electron chi connectivity index (χ0n) is 7.97. The molecule has 0 aromatic carbocycles. The Kier molecular flexibility index (Phi) is 3.11. The van der Waals surface area contributed by atoms with Gasteiger partial charge in [0.15, 0.2) is 5.60 Å². The minimum atomic E-state index is -0.523. The molecule has 1 fully saturated rings. The summed E-state index contributed by atoms with van der Waals surface area (Å²) in [6.45, 7) is 4.51. The summed E-state index contributed by atoms with van der Waals surface area (Å²) < 4.78 is 5.50. The highest BCUT2D eigenvalue weighted by Gasteiger charge is 2.36. The fourth-order valence-corrected chi connectivity index (χ4v) is 2.02. The van der Waals surface area contributed by atoms with Crippen molar-refractivity contribution in [1.82, 2.24) is 0 Å². The molecule has 0 N–H and O–H groups in total. The lowest BCUT2D eigenvalue weighted by Gasteiger charge is -2.27. The highest BCUT2D eigenvalue weighted by atomic mass is 16.5. The Morgan fingerprint density at radius 3 is 2.50 bits per heavy atom. The molecule has 0 radical (unpaired) electrons. The van der Waals surface area contributed by atoms with Crippen LogP contribution in [0.25, 0.3) is 0 Å². The van der Waals surface area contributed by atoms with Crippen molar-refractivity contribution in [2.24, 2.45) is 5.92 Å². The normalized spacial score (nSPS) is 23.4. The summed E-state index contributed by atoms with van der Waals surface area (Å²) in [7, 11) is 0. The van der Waals surface area contributed by atoms with Crippen molar-refractivity contribution in [3.8, 4) is 6.07 Å². The van der Waals surface area contributed by atoms with Gasteiger partial charge in [-0.15, -0.1) is 0 Å². The molecule has 0 spiro atoms. The number of nitriles is 1. The van der Waals surface area contributed by atoms with E-state index in [1.807, 2.05) is 13.8 Å². The molecule has 1 aliphatic rings. The van der Waals surface area contributed by atoms with E-state index >= 15 is 0 Å². The van der Waals surface area contributed by atoms with Gasteiger partial charge in [-0.05, 0) is 26.7 Å². The summed E-state index contributed by atoms with van der Waals surface area (Å²) in [5, 5.41) is 9.00. The molecule has 2 heteroatoms. The second kappa shape index (κ2) is 3.91. The molecule has 1 rings (SSSR count). The molecule has 68 valence electrons. The average Bonchev–Trinajstić information content (AvgIpc) is 2.57. The van der Waals surface area contributed by atoms with Crippen LogP contribution in [0.3, 0.4) is 0 Å². The fourth-order valence-electron chi connectivity index (χ4n) is 2.02. The molecule has 0 aromatic rings. The van der Waals surface area contributed by atoms with E-state index in [9.17, 15) is 0 Å². The lowest BCUT2D eigenvalue weighted by molar-refractivity contribution is -0.0228. The van der Waals surface area contributed by atoms with Crippen molar-refractivity contribution >= 4 is 0 Å². The lowest BCUT2D eigenvalue weighted by atomic mass is 9.89. The second-order valence-corrected chi connectivity index (χ2v) is 3.63. The van der Waals surface area contributed by atoms with Crippen LogP contribution in [0.1, 0.15) is 39.5 Å². The van der Waals surface area contributed by atoms with Gasteiger partial charge < -0.3 is 4.74 Å². The van der Waals surface area contributed by atoms with Crippen LogP contribution >= 0.6 is 0 Å². The second-order valence-electron chi connectivity index (χ2n) is 3.63. The molecular weight excluding hydrogens is 150 g/mol. The van der Waals surface area contributed by atoms with Crippen LogP contribution in [0.15, 0.2) is 0 Å². The molecule has 0 amide bonds. The number of hydrogen-bond donors (Lipinski definition) is 0. The van der Waals surface area contributed by atoms with E-state index in [0.29, 0.717) is 12.5 Å². The molecule has 0 saturated heterocycles. The molecule has 1 aliphatic carbocycles. The Bertz CT molecular complexity index is 179. The van der Waals surface area contributed by atoms with Gasteiger partial charge in [0.25, 0.3) is 0 Å². The summed E-state index contributed by atoms with van der Waals surface area (Å²) >= 11 is 0. The first kappa shape index (κ1) is 9.54. The van der Waals surface area contributed by atoms with E-state index in [4.69, 9.17) is 10.00 Å². The van der Waals surface area contributed by atoms with Gasteiger partial charge in [0, 0.05) is 12.5 Å². The number of nitrogens with zero attached hydrogens (tertiary/aromatic N) is 1. The van der Waals surface area contributed by atoms with Gasteiger partial charge in [0.1, 0.15) is 0 Å². The van der Waals surface area contributed by atoms with Gasteiger partial charge in [0.05, 0.1) is 6.07 Å². The molecule has 1 saturated carbocycles. The quantitative estimate of drug-likeness (QED) is 0.647. The molecule has 2 nitrogen and oxygen atoms in total. The summed E-state index contributed by atoms with van der Waals surface area (Å²) in [5.74, 6) is 0.461. The lowest BCUT2D eigenvalue weighted by Crippen LogP contribution is -2.34. The SMILES string of the molecule is CCOC(C)(C#N)C1CCCC1. The Labute approximate surface area is 74.5 Å². The molecule has 1 atom stereocenters. The van der Waals surface area contributed by atoms with E-state index in [-0.39, 0.29) is 0 Å². The Morgan fingerprint density at radius 1 is 1.50 bits per heavy atom. The first-order valence-corrected chi connectivity index (χ1v) is 4.78. The van der Waals surface area contributed by atoms with E-state index in [2.05, 4.69) is 6.07 Å². The summed E-state index contributed by atoms with van der Waals surface area (Å²) in [5.41, 5.74) is -0.523. The minimum Gasteiger partial charge on any atom is -0.360 e. The van der Waals surface area contributed by atoms with Crippen LogP contribution in [-0.4, -0.2) is 12.2 Å². The van der Waals surface area contributed by atoms with Gasteiger partial charge in [-0.3, -0.25) is 0 Å². The van der Waals surface area contributed by atoms with Gasteiger partial charge in [-0.1, -0.05) is 12.8 Å². The van der Waals surface area contributed by atoms with Crippen LogP contribution in [0.5, 0.6) is 0 Å². The summed E-state index contributed by atoms with van der Waals surface area (Å²) in [4.78, 5) is 0. The Morgan fingerprint density at radius 2 is 2.08 bits per heavy atom. The third kappa shape index (κ3) is 1.78. The molecule has 12 heavy (non-hydrogen) atoms. The van der Waals surface area contributed by atoms with Crippen LogP contribution in [0.2, 0.25) is 0 Å². The number of ether oxygens (including phenoxy) is 1. The van der Waals surface area contributed by atoms with Crippen LogP contribution in [0.4, 0.5) is 0 Å². The predicted octanol–water partition coefficient (Wildman–Crippen LogP) is 2.50. The predicted molar refractivity (Wildman–Crippen MR) is 47.6 cm³/mol. The molecule has 0 bridgehead atoms. The summed E-state index contributed by atoms with van der Waals surface area (Å²) in [6.07, 6.45) is 4.83. The largest absolute Gasteiger partial charge is 0.360 e. The summed E-state index contributed by atoms with van der Waals surface area (Å²) in [6, 6.07) is 2.30. The highest BCUT2D eigenvalue weighted by molar-refractivity contribution is 5.04. The van der Waals surface area contributed by atoms with Crippen LogP contribution in [0, 0.1) is 17.2 Å². The maximum Gasteiger partial charge on any atom is 0.154 e. The van der Waals surface area contributed by atoms with Gasteiger partial charge in [0.2, 0.25) is 0 Å². The number of rotatable bonds is 3. The number of hydrogen-bond acceptors (Lipinski definition) is 2. The zero-order chi connectivity index (χ0) is 9.03. The maximum atomic E-state index is 9.00. The van der Waals surface area contributed by atoms with Gasteiger partial charge in [-0.2, -0.15) is 5.26 Å². The van der Waals surface area contributed by atoms with E-state index in [1.165, 1.54) is 12.8 Å². The third-order valence-corrected chi connectivity index (χ3v) is 2.80. The van der Waals surface area contributed by atoms with Crippen molar-refractivity contribution in [3.63, 3.8) is 0 Å². The first-order chi connectivity index (χ1) is 5.73. The smallest absolute Gasteiger partial charge is 0.154 e. The van der Waals surface area contributed by atoms with E-state index in [0.717, 1.165) is 12.8 Å². The van der Waals surface area contributed by atoms with E-state index < -0.39 is 5.60 Å². The van der Waals surface area contributed by atoms with Crippen molar-refractivity contribution in [2.45, 2.75) is 45.1 Å². The topological polar surface area (TPSA) is 33.0 Å². The third-order valence-electron chi connectivity index (χ3n) is 2.80. The Balaban J connectivity index is 2.59. The maximum absolute atomic E-state index is 9.00. The monoisotopic (exact) mass is 167 g/mol. The van der Waals surface area contributed by atoms with Crippen LogP contribution < -0.4 is 0 Å². The standard InChI is InChI=1S/C10H17NO/c1-3-12-10(2,8-11)9-6-4-5-7-9/h9H,3-7H2,1-2H3.